The summed E-state index contributed by atoms with van der Waals surface area (Å²) in [6, 6.07) is 23.0. The Morgan fingerprint density at radius 2 is 1.48 bits per heavy atom. The Morgan fingerprint density at radius 3 is 2.12 bits per heavy atom. The van der Waals surface area contributed by atoms with Crippen molar-refractivity contribution < 1.29 is 0 Å². The monoisotopic (exact) mass is 455 g/mol. The normalized spacial score (nSPS) is 11.6. The van der Waals surface area contributed by atoms with Crippen LogP contribution >= 0.6 is 31.9 Å². The number of rotatable bonds is 4. The Hall–Kier alpha value is -1.84. The summed E-state index contributed by atoms with van der Waals surface area (Å²) in [5.41, 5.74) is 13.0. The minimum absolute atomic E-state index is 0.801. The molecule has 0 bridgehead atoms. The van der Waals surface area contributed by atoms with Crippen LogP contribution in [0, 0.1) is 6.92 Å². The molecule has 0 spiro atoms. The number of benzene rings is 3. The zero-order chi connectivity index (χ0) is 17.8. The van der Waals surface area contributed by atoms with E-state index in [1.165, 1.54) is 11.1 Å². The predicted octanol–water partition coefficient (Wildman–Crippen LogP) is 6.78. The standard InChI is InChI=1S/C22H19Br2N/c1-15-2-13-22(25)21(14-15)20(17-6-10-19(24)11-7-17)12-5-16-3-8-18(23)9-4-16/h2-4,6-14H,5,25H2,1H3. The Balaban J connectivity index is 2.04. The molecule has 25 heavy (non-hydrogen) atoms. The molecule has 0 atom stereocenters. The van der Waals surface area contributed by atoms with Gasteiger partial charge in [0.05, 0.1) is 0 Å². The third-order valence-electron chi connectivity index (χ3n) is 4.11. The molecule has 0 saturated carbocycles. The first kappa shape index (κ1) is 18.0. The van der Waals surface area contributed by atoms with Gasteiger partial charge in [0.25, 0.3) is 0 Å². The largest absolute Gasteiger partial charge is 0.398 e. The second-order valence-electron chi connectivity index (χ2n) is 6.05. The van der Waals surface area contributed by atoms with E-state index in [1.807, 2.05) is 12.1 Å². The minimum atomic E-state index is 0.801. The van der Waals surface area contributed by atoms with E-state index in [0.717, 1.165) is 37.8 Å². The van der Waals surface area contributed by atoms with Crippen LogP contribution in [0.25, 0.3) is 5.57 Å². The average Bonchev–Trinajstić information content (AvgIpc) is 2.61. The first-order valence-electron chi connectivity index (χ1n) is 8.10. The molecule has 0 heterocycles. The van der Waals surface area contributed by atoms with Crippen LogP contribution < -0.4 is 5.73 Å². The lowest BCUT2D eigenvalue weighted by Gasteiger charge is -2.13. The molecule has 0 unspecified atom stereocenters. The topological polar surface area (TPSA) is 26.0 Å². The summed E-state index contributed by atoms with van der Waals surface area (Å²) in [5.74, 6) is 0. The number of hydrogen-bond acceptors (Lipinski definition) is 1. The fourth-order valence-corrected chi connectivity index (χ4v) is 3.29. The summed E-state index contributed by atoms with van der Waals surface area (Å²) >= 11 is 7.00. The van der Waals surface area contributed by atoms with Gasteiger partial charge in [-0.25, -0.2) is 0 Å². The number of aryl methyl sites for hydroxylation is 1. The fraction of sp³-hybridized carbons (Fsp3) is 0.0909. The summed E-state index contributed by atoms with van der Waals surface area (Å²) in [6.07, 6.45) is 3.11. The van der Waals surface area contributed by atoms with Gasteiger partial charge in [0.2, 0.25) is 0 Å². The molecule has 0 fully saturated rings. The van der Waals surface area contributed by atoms with Crippen LogP contribution in [0.15, 0.2) is 81.8 Å². The summed E-state index contributed by atoms with van der Waals surface area (Å²) in [4.78, 5) is 0. The van der Waals surface area contributed by atoms with Crippen LogP contribution in [-0.2, 0) is 6.42 Å². The Kier molecular flexibility index (Phi) is 5.77. The summed E-state index contributed by atoms with van der Waals surface area (Å²) in [7, 11) is 0. The number of allylic oxidation sites excluding steroid dienone is 1. The highest BCUT2D eigenvalue weighted by atomic mass is 79.9. The molecule has 1 nitrogen and oxygen atoms in total. The molecular formula is C22H19Br2N. The molecule has 3 aromatic rings. The van der Waals surface area contributed by atoms with Crippen LogP contribution in [-0.4, -0.2) is 0 Å². The van der Waals surface area contributed by atoms with Crippen molar-refractivity contribution in [1.29, 1.82) is 0 Å². The molecule has 0 amide bonds. The molecule has 126 valence electrons. The van der Waals surface area contributed by atoms with Gasteiger partial charge in [0.15, 0.2) is 0 Å². The van der Waals surface area contributed by atoms with Gasteiger partial charge >= 0.3 is 0 Å². The molecule has 0 aliphatic heterocycles. The lowest BCUT2D eigenvalue weighted by atomic mass is 9.93. The first-order chi connectivity index (χ1) is 12.0. The Labute approximate surface area is 165 Å². The molecular weight excluding hydrogens is 438 g/mol. The maximum absolute atomic E-state index is 6.29. The molecule has 0 saturated heterocycles. The van der Waals surface area contributed by atoms with Crippen molar-refractivity contribution in [2.45, 2.75) is 13.3 Å². The third kappa shape index (κ3) is 4.62. The van der Waals surface area contributed by atoms with Crippen molar-refractivity contribution in [3.8, 4) is 0 Å². The molecule has 0 aliphatic carbocycles. The summed E-state index contributed by atoms with van der Waals surface area (Å²) in [5, 5.41) is 0. The fourth-order valence-electron chi connectivity index (χ4n) is 2.76. The number of hydrogen-bond donors (Lipinski definition) is 1. The van der Waals surface area contributed by atoms with Crippen molar-refractivity contribution in [1.82, 2.24) is 0 Å². The first-order valence-corrected chi connectivity index (χ1v) is 9.68. The van der Waals surface area contributed by atoms with Gasteiger partial charge in [-0.1, -0.05) is 73.8 Å². The second kappa shape index (κ2) is 8.03. The molecule has 3 aromatic carbocycles. The SMILES string of the molecule is Cc1ccc(N)c(C(=CCc2ccc(Br)cc2)c2ccc(Br)cc2)c1. The van der Waals surface area contributed by atoms with Gasteiger partial charge in [-0.05, 0) is 66.4 Å². The highest BCUT2D eigenvalue weighted by Crippen LogP contribution is 2.30. The summed E-state index contributed by atoms with van der Waals surface area (Å²) < 4.78 is 2.16. The Bertz CT molecular complexity index is 894. The minimum Gasteiger partial charge on any atom is -0.398 e. The van der Waals surface area contributed by atoms with E-state index >= 15 is 0 Å². The number of nitrogens with two attached hydrogens (primary N) is 1. The zero-order valence-corrected chi connectivity index (χ0v) is 17.1. The van der Waals surface area contributed by atoms with Crippen LogP contribution in [0.3, 0.4) is 0 Å². The van der Waals surface area contributed by atoms with E-state index in [9.17, 15) is 0 Å². The molecule has 2 N–H and O–H groups in total. The van der Waals surface area contributed by atoms with Crippen molar-refractivity contribution in [2.75, 3.05) is 5.73 Å². The van der Waals surface area contributed by atoms with Crippen LogP contribution in [0.5, 0.6) is 0 Å². The van der Waals surface area contributed by atoms with Crippen LogP contribution in [0.2, 0.25) is 0 Å². The third-order valence-corrected chi connectivity index (χ3v) is 5.17. The van der Waals surface area contributed by atoms with Gasteiger partial charge in [-0.3, -0.25) is 0 Å². The van der Waals surface area contributed by atoms with E-state index in [4.69, 9.17) is 5.73 Å². The van der Waals surface area contributed by atoms with Gasteiger partial charge in [-0.15, -0.1) is 0 Å². The molecule has 3 heteroatoms. The van der Waals surface area contributed by atoms with Gasteiger partial charge < -0.3 is 5.73 Å². The van der Waals surface area contributed by atoms with E-state index < -0.39 is 0 Å². The highest BCUT2D eigenvalue weighted by Gasteiger charge is 2.09. The van der Waals surface area contributed by atoms with Gasteiger partial charge in [-0.2, -0.15) is 0 Å². The number of anilines is 1. The van der Waals surface area contributed by atoms with E-state index in [2.05, 4.69) is 99.5 Å². The number of nitrogen functional groups attached to an aromatic ring is 1. The second-order valence-corrected chi connectivity index (χ2v) is 7.88. The molecule has 3 rings (SSSR count). The van der Waals surface area contributed by atoms with Crippen molar-refractivity contribution >= 4 is 43.1 Å². The van der Waals surface area contributed by atoms with Crippen molar-refractivity contribution in [3.63, 3.8) is 0 Å². The van der Waals surface area contributed by atoms with E-state index in [0.29, 0.717) is 0 Å². The molecule has 0 aromatic heterocycles. The maximum atomic E-state index is 6.29. The number of halogens is 2. The summed E-state index contributed by atoms with van der Waals surface area (Å²) in [6.45, 7) is 2.09. The van der Waals surface area contributed by atoms with E-state index in [1.54, 1.807) is 0 Å². The quantitative estimate of drug-likeness (QED) is 0.430. The van der Waals surface area contributed by atoms with Crippen molar-refractivity contribution in [2.24, 2.45) is 0 Å². The van der Waals surface area contributed by atoms with Crippen LogP contribution in [0.1, 0.15) is 22.3 Å². The Morgan fingerprint density at radius 1 is 0.880 bits per heavy atom. The molecule has 0 aliphatic rings. The predicted molar refractivity (Wildman–Crippen MR) is 115 cm³/mol. The smallest absolute Gasteiger partial charge is 0.0394 e. The lowest BCUT2D eigenvalue weighted by Crippen LogP contribution is -1.97. The van der Waals surface area contributed by atoms with E-state index in [-0.39, 0.29) is 0 Å². The van der Waals surface area contributed by atoms with Crippen molar-refractivity contribution in [3.05, 3.63) is 104 Å². The van der Waals surface area contributed by atoms with Gasteiger partial charge in [0, 0.05) is 20.2 Å². The van der Waals surface area contributed by atoms with Crippen LogP contribution in [0.4, 0.5) is 5.69 Å². The molecule has 0 radical (unpaired) electrons. The lowest BCUT2D eigenvalue weighted by molar-refractivity contribution is 1.26. The maximum Gasteiger partial charge on any atom is 0.0394 e. The average molecular weight is 457 g/mol. The zero-order valence-electron chi connectivity index (χ0n) is 14.0. The van der Waals surface area contributed by atoms with Gasteiger partial charge in [0.1, 0.15) is 0 Å². The highest BCUT2D eigenvalue weighted by molar-refractivity contribution is 9.10.